The summed E-state index contributed by atoms with van der Waals surface area (Å²) in [5, 5.41) is 0.371. The number of rotatable bonds is 3. The van der Waals surface area contributed by atoms with Crippen molar-refractivity contribution in [2.75, 3.05) is 0 Å². The standard InChI is InChI=1S/C17H27OSi/c1-9-14-11-10-13(2)12-15(14)18-19(16(3,4)5)17(6,7)8/h9-12H,1H2,2-8H3. The minimum Gasteiger partial charge on any atom is -0.541 e. The summed E-state index contributed by atoms with van der Waals surface area (Å²) in [5.41, 5.74) is 2.31. The molecule has 1 rings (SSSR count). The zero-order chi connectivity index (χ0) is 14.8. The lowest BCUT2D eigenvalue weighted by molar-refractivity contribution is 0.461. The number of benzene rings is 1. The van der Waals surface area contributed by atoms with Crippen molar-refractivity contribution < 1.29 is 4.43 Å². The lowest BCUT2D eigenvalue weighted by Gasteiger charge is -2.37. The first-order valence-corrected chi connectivity index (χ1v) is 8.25. The van der Waals surface area contributed by atoms with Crippen LogP contribution in [0.25, 0.3) is 6.08 Å². The molecule has 0 aliphatic carbocycles. The van der Waals surface area contributed by atoms with Crippen molar-refractivity contribution in [2.45, 2.75) is 58.5 Å². The van der Waals surface area contributed by atoms with Crippen LogP contribution in [0, 0.1) is 6.92 Å². The van der Waals surface area contributed by atoms with E-state index in [0.29, 0.717) is 0 Å². The smallest absolute Gasteiger partial charge is 0.292 e. The summed E-state index contributed by atoms with van der Waals surface area (Å²) in [6, 6.07) is 6.31. The molecular formula is C17H27OSi. The van der Waals surface area contributed by atoms with Crippen LogP contribution in [0.4, 0.5) is 0 Å². The third-order valence-corrected chi connectivity index (χ3v) is 6.11. The van der Waals surface area contributed by atoms with Gasteiger partial charge in [-0.05, 0) is 28.6 Å². The van der Waals surface area contributed by atoms with Crippen LogP contribution < -0.4 is 4.43 Å². The van der Waals surface area contributed by atoms with Gasteiger partial charge in [0.2, 0.25) is 0 Å². The van der Waals surface area contributed by atoms with E-state index in [1.807, 2.05) is 6.08 Å². The minimum absolute atomic E-state index is 0.186. The average Bonchev–Trinajstić information content (AvgIpc) is 2.23. The van der Waals surface area contributed by atoms with Crippen molar-refractivity contribution in [1.82, 2.24) is 0 Å². The zero-order valence-electron chi connectivity index (χ0n) is 13.4. The Balaban J connectivity index is 3.17. The molecule has 0 aromatic heterocycles. The van der Waals surface area contributed by atoms with E-state index < -0.39 is 9.04 Å². The molecule has 2 heteroatoms. The number of hydrogen-bond acceptors (Lipinski definition) is 1. The maximum absolute atomic E-state index is 6.48. The van der Waals surface area contributed by atoms with Gasteiger partial charge in [0.1, 0.15) is 5.75 Å². The Kier molecular flexibility index (Phi) is 4.67. The molecule has 0 N–H and O–H groups in total. The van der Waals surface area contributed by atoms with Gasteiger partial charge in [0.15, 0.2) is 0 Å². The second-order valence-corrected chi connectivity index (χ2v) is 11.0. The van der Waals surface area contributed by atoms with Crippen LogP contribution in [-0.4, -0.2) is 9.04 Å². The maximum Gasteiger partial charge on any atom is 0.292 e. The predicted molar refractivity (Wildman–Crippen MR) is 87.1 cm³/mol. The summed E-state index contributed by atoms with van der Waals surface area (Å²) in [5.74, 6) is 0.980. The summed E-state index contributed by atoms with van der Waals surface area (Å²) in [6.07, 6.45) is 1.87. The van der Waals surface area contributed by atoms with Gasteiger partial charge >= 0.3 is 0 Å². The van der Waals surface area contributed by atoms with Crippen LogP contribution in [0.5, 0.6) is 5.75 Å². The lowest BCUT2D eigenvalue weighted by atomic mass is 10.1. The van der Waals surface area contributed by atoms with E-state index in [-0.39, 0.29) is 10.1 Å². The maximum atomic E-state index is 6.48. The highest BCUT2D eigenvalue weighted by atomic mass is 28.3. The van der Waals surface area contributed by atoms with Gasteiger partial charge in [0.25, 0.3) is 9.04 Å². The highest BCUT2D eigenvalue weighted by Gasteiger charge is 2.41. The van der Waals surface area contributed by atoms with Gasteiger partial charge in [-0.1, -0.05) is 66.3 Å². The molecule has 0 saturated carbocycles. The SMILES string of the molecule is C=Cc1ccc(C)cc1O[Si](C(C)(C)C)C(C)(C)C. The summed E-state index contributed by atoms with van der Waals surface area (Å²) in [6.45, 7) is 19.6. The topological polar surface area (TPSA) is 9.23 Å². The largest absolute Gasteiger partial charge is 0.541 e. The Labute approximate surface area is 120 Å². The fourth-order valence-electron chi connectivity index (χ4n) is 2.44. The molecule has 0 bridgehead atoms. The van der Waals surface area contributed by atoms with Crippen molar-refractivity contribution in [2.24, 2.45) is 0 Å². The van der Waals surface area contributed by atoms with Gasteiger partial charge in [0.05, 0.1) is 0 Å². The van der Waals surface area contributed by atoms with Gasteiger partial charge in [-0.2, -0.15) is 0 Å². The fraction of sp³-hybridized carbons (Fsp3) is 0.529. The van der Waals surface area contributed by atoms with E-state index in [1.54, 1.807) is 0 Å². The molecule has 0 aliphatic rings. The van der Waals surface area contributed by atoms with Crippen molar-refractivity contribution in [3.8, 4) is 5.75 Å². The molecule has 1 nitrogen and oxygen atoms in total. The van der Waals surface area contributed by atoms with Gasteiger partial charge in [-0.15, -0.1) is 0 Å². The van der Waals surface area contributed by atoms with E-state index in [9.17, 15) is 0 Å². The molecule has 0 atom stereocenters. The van der Waals surface area contributed by atoms with Crippen LogP contribution in [0.2, 0.25) is 10.1 Å². The first-order valence-electron chi connectivity index (χ1n) is 6.84. The van der Waals surface area contributed by atoms with Crippen LogP contribution in [0.1, 0.15) is 52.7 Å². The van der Waals surface area contributed by atoms with Crippen LogP contribution >= 0.6 is 0 Å². The summed E-state index contributed by atoms with van der Waals surface area (Å²) in [7, 11) is -1.02. The molecule has 1 radical (unpaired) electrons. The molecule has 1 aromatic rings. The minimum atomic E-state index is -1.02. The van der Waals surface area contributed by atoms with E-state index in [1.165, 1.54) is 5.56 Å². The quantitative estimate of drug-likeness (QED) is 0.652. The summed E-state index contributed by atoms with van der Waals surface area (Å²) >= 11 is 0. The molecule has 0 unspecified atom stereocenters. The van der Waals surface area contributed by atoms with Crippen LogP contribution in [0.3, 0.4) is 0 Å². The molecular weight excluding hydrogens is 248 g/mol. The molecule has 0 aliphatic heterocycles. The molecule has 105 valence electrons. The highest BCUT2D eigenvalue weighted by molar-refractivity contribution is 6.59. The predicted octanol–water partition coefficient (Wildman–Crippen LogP) is 5.61. The Morgan fingerprint density at radius 1 is 1.05 bits per heavy atom. The number of hydrogen-bond donors (Lipinski definition) is 0. The van der Waals surface area contributed by atoms with Crippen molar-refractivity contribution in [3.05, 3.63) is 35.9 Å². The number of aryl methyl sites for hydroxylation is 1. The van der Waals surface area contributed by atoms with Gasteiger partial charge in [0, 0.05) is 5.56 Å². The second-order valence-electron chi connectivity index (χ2n) is 7.18. The third-order valence-electron chi connectivity index (χ3n) is 2.96. The lowest BCUT2D eigenvalue weighted by Crippen LogP contribution is -2.41. The van der Waals surface area contributed by atoms with Crippen LogP contribution in [0.15, 0.2) is 24.8 Å². The van der Waals surface area contributed by atoms with E-state index in [2.05, 4.69) is 73.2 Å². The first kappa shape index (κ1) is 16.0. The monoisotopic (exact) mass is 275 g/mol. The van der Waals surface area contributed by atoms with Gasteiger partial charge < -0.3 is 4.43 Å². The third kappa shape index (κ3) is 4.24. The molecule has 0 saturated heterocycles. The Bertz CT molecular complexity index is 435. The molecule has 1 aromatic carbocycles. The van der Waals surface area contributed by atoms with E-state index in [4.69, 9.17) is 4.43 Å². The van der Waals surface area contributed by atoms with E-state index in [0.717, 1.165) is 11.3 Å². The van der Waals surface area contributed by atoms with Gasteiger partial charge in [-0.3, -0.25) is 0 Å². The molecule has 0 heterocycles. The molecule has 19 heavy (non-hydrogen) atoms. The molecule has 0 amide bonds. The van der Waals surface area contributed by atoms with E-state index >= 15 is 0 Å². The zero-order valence-corrected chi connectivity index (χ0v) is 14.4. The second kappa shape index (κ2) is 5.54. The Morgan fingerprint density at radius 2 is 1.58 bits per heavy atom. The molecule has 0 fully saturated rings. The summed E-state index contributed by atoms with van der Waals surface area (Å²) in [4.78, 5) is 0. The fourth-order valence-corrected chi connectivity index (χ4v) is 5.70. The van der Waals surface area contributed by atoms with Crippen LogP contribution in [-0.2, 0) is 0 Å². The van der Waals surface area contributed by atoms with Crippen molar-refractivity contribution in [1.29, 1.82) is 0 Å². The van der Waals surface area contributed by atoms with Crippen molar-refractivity contribution in [3.63, 3.8) is 0 Å². The summed E-state index contributed by atoms with van der Waals surface area (Å²) < 4.78 is 6.48. The highest BCUT2D eigenvalue weighted by Crippen LogP contribution is 2.43. The first-order chi connectivity index (χ1) is 8.55. The normalized spacial score (nSPS) is 12.6. The Morgan fingerprint density at radius 3 is 2.00 bits per heavy atom. The Hall–Kier alpha value is -1.02. The average molecular weight is 275 g/mol. The van der Waals surface area contributed by atoms with Gasteiger partial charge in [-0.25, -0.2) is 0 Å². The molecule has 0 spiro atoms. The van der Waals surface area contributed by atoms with Crippen molar-refractivity contribution >= 4 is 15.1 Å².